The maximum Gasteiger partial charge on any atom is 0.227 e. The van der Waals surface area contributed by atoms with E-state index in [4.69, 9.17) is 10.00 Å². The summed E-state index contributed by atoms with van der Waals surface area (Å²) >= 11 is 0. The predicted octanol–water partition coefficient (Wildman–Crippen LogP) is 1.41. The van der Waals surface area contributed by atoms with Crippen molar-refractivity contribution in [2.45, 2.75) is 25.6 Å². The maximum atomic E-state index is 12.6. The van der Waals surface area contributed by atoms with Gasteiger partial charge in [0.15, 0.2) is 0 Å². The molecule has 3 rings (SSSR count). The minimum Gasteiger partial charge on any atom is -0.376 e. The van der Waals surface area contributed by atoms with Crippen LogP contribution >= 0.6 is 0 Å². The van der Waals surface area contributed by atoms with E-state index in [2.05, 4.69) is 16.5 Å². The smallest absolute Gasteiger partial charge is 0.227 e. The average Bonchev–Trinajstić information content (AvgIpc) is 3.38. The molecule has 0 saturated carbocycles. The molecule has 2 aromatic rings. The standard InChI is InChI=1S/C20H25N5O2/c1-24(8-9-25-7-3-6-23-25)20(26)18-11-19(27-15-18)14-22-13-17-5-2-4-16(10-17)12-21/h2-7,10,18-19,22H,8-9,11,13-15H2,1H3/t18-,19-/m0/s1. The Labute approximate surface area is 159 Å². The van der Waals surface area contributed by atoms with Gasteiger partial charge in [-0.05, 0) is 30.2 Å². The Kier molecular flexibility index (Phi) is 6.58. The second kappa shape index (κ2) is 9.31. The summed E-state index contributed by atoms with van der Waals surface area (Å²) in [6.45, 7) is 3.17. The lowest BCUT2D eigenvalue weighted by molar-refractivity contribution is -0.134. The molecule has 1 aliphatic heterocycles. The summed E-state index contributed by atoms with van der Waals surface area (Å²) < 4.78 is 7.61. The highest BCUT2D eigenvalue weighted by Gasteiger charge is 2.32. The quantitative estimate of drug-likeness (QED) is 0.763. The molecule has 1 saturated heterocycles. The third kappa shape index (κ3) is 5.39. The van der Waals surface area contributed by atoms with Crippen LogP contribution in [0.4, 0.5) is 0 Å². The molecule has 0 bridgehead atoms. The predicted molar refractivity (Wildman–Crippen MR) is 101 cm³/mol. The van der Waals surface area contributed by atoms with Gasteiger partial charge in [-0.1, -0.05) is 12.1 Å². The summed E-state index contributed by atoms with van der Waals surface area (Å²) in [5.41, 5.74) is 1.73. The van der Waals surface area contributed by atoms with Crippen molar-refractivity contribution in [1.29, 1.82) is 5.26 Å². The highest BCUT2D eigenvalue weighted by Crippen LogP contribution is 2.21. The first-order chi connectivity index (χ1) is 13.2. The number of hydrogen-bond donors (Lipinski definition) is 1. The third-order valence-electron chi connectivity index (χ3n) is 4.79. The van der Waals surface area contributed by atoms with E-state index in [0.29, 0.717) is 38.3 Å². The van der Waals surface area contributed by atoms with Crippen LogP contribution in [0.25, 0.3) is 0 Å². The van der Waals surface area contributed by atoms with Crippen LogP contribution in [-0.2, 0) is 22.6 Å². The van der Waals surface area contributed by atoms with Crippen molar-refractivity contribution in [3.8, 4) is 6.07 Å². The number of amides is 1. The van der Waals surface area contributed by atoms with Crippen molar-refractivity contribution in [2.24, 2.45) is 5.92 Å². The number of carbonyl (C=O) groups is 1. The van der Waals surface area contributed by atoms with Gasteiger partial charge in [-0.3, -0.25) is 9.48 Å². The minimum atomic E-state index is -0.0821. The Balaban J connectivity index is 1.38. The topological polar surface area (TPSA) is 83.2 Å². The zero-order valence-corrected chi connectivity index (χ0v) is 15.5. The zero-order valence-electron chi connectivity index (χ0n) is 15.5. The number of nitrogens with one attached hydrogen (secondary N) is 1. The van der Waals surface area contributed by atoms with Crippen LogP contribution in [0.1, 0.15) is 17.5 Å². The van der Waals surface area contributed by atoms with Crippen molar-refractivity contribution in [2.75, 3.05) is 26.7 Å². The zero-order chi connectivity index (χ0) is 19.1. The number of aromatic nitrogens is 2. The molecule has 1 aliphatic rings. The molecule has 0 unspecified atom stereocenters. The van der Waals surface area contributed by atoms with E-state index < -0.39 is 0 Å². The highest BCUT2D eigenvalue weighted by atomic mass is 16.5. The summed E-state index contributed by atoms with van der Waals surface area (Å²) in [6.07, 6.45) is 4.40. The summed E-state index contributed by atoms with van der Waals surface area (Å²) in [5, 5.41) is 16.5. The van der Waals surface area contributed by atoms with Crippen molar-refractivity contribution in [3.63, 3.8) is 0 Å². The first kappa shape index (κ1) is 19.1. The number of ether oxygens (including phenoxy) is 1. The van der Waals surface area contributed by atoms with Gasteiger partial charge >= 0.3 is 0 Å². The van der Waals surface area contributed by atoms with Crippen LogP contribution in [0.2, 0.25) is 0 Å². The number of benzene rings is 1. The first-order valence-electron chi connectivity index (χ1n) is 9.19. The molecule has 142 valence electrons. The Morgan fingerprint density at radius 3 is 3.15 bits per heavy atom. The number of carbonyl (C=O) groups excluding carboxylic acids is 1. The second-order valence-electron chi connectivity index (χ2n) is 6.86. The van der Waals surface area contributed by atoms with Crippen molar-refractivity contribution < 1.29 is 9.53 Å². The van der Waals surface area contributed by atoms with Crippen LogP contribution in [0.3, 0.4) is 0 Å². The van der Waals surface area contributed by atoms with E-state index in [9.17, 15) is 4.79 Å². The fourth-order valence-corrected chi connectivity index (χ4v) is 3.26. The lowest BCUT2D eigenvalue weighted by Gasteiger charge is -2.20. The molecule has 0 aliphatic carbocycles. The number of rotatable bonds is 8. The van der Waals surface area contributed by atoms with Gasteiger partial charge in [0.05, 0.1) is 36.8 Å². The second-order valence-corrected chi connectivity index (χ2v) is 6.86. The normalized spacial score (nSPS) is 19.0. The van der Waals surface area contributed by atoms with Gasteiger partial charge in [0.25, 0.3) is 0 Å². The highest BCUT2D eigenvalue weighted by molar-refractivity contribution is 5.79. The summed E-state index contributed by atoms with van der Waals surface area (Å²) in [4.78, 5) is 14.3. The van der Waals surface area contributed by atoms with Crippen LogP contribution in [0.5, 0.6) is 0 Å². The molecule has 7 nitrogen and oxygen atoms in total. The Bertz CT molecular complexity index is 784. The van der Waals surface area contributed by atoms with Gasteiger partial charge in [0, 0.05) is 39.1 Å². The monoisotopic (exact) mass is 367 g/mol. The molecular formula is C20H25N5O2. The van der Waals surface area contributed by atoms with E-state index >= 15 is 0 Å². The van der Waals surface area contributed by atoms with Gasteiger partial charge in [0.1, 0.15) is 0 Å². The molecule has 1 N–H and O–H groups in total. The number of nitrogens with zero attached hydrogens (tertiary/aromatic N) is 4. The number of hydrogen-bond acceptors (Lipinski definition) is 5. The molecule has 1 aromatic heterocycles. The van der Waals surface area contributed by atoms with Crippen molar-refractivity contribution in [1.82, 2.24) is 20.0 Å². The van der Waals surface area contributed by atoms with Crippen LogP contribution < -0.4 is 5.32 Å². The molecule has 7 heteroatoms. The lowest BCUT2D eigenvalue weighted by atomic mass is 10.0. The molecule has 1 amide bonds. The lowest BCUT2D eigenvalue weighted by Crippen LogP contribution is -2.36. The van der Waals surface area contributed by atoms with Gasteiger partial charge in [-0.2, -0.15) is 10.4 Å². The Hall–Kier alpha value is -2.69. The molecule has 0 spiro atoms. The minimum absolute atomic E-state index is 0.0395. The molecule has 1 fully saturated rings. The maximum absolute atomic E-state index is 12.6. The summed E-state index contributed by atoms with van der Waals surface area (Å²) in [5.74, 6) is 0.0488. The fourth-order valence-electron chi connectivity index (χ4n) is 3.26. The van der Waals surface area contributed by atoms with Crippen LogP contribution in [0, 0.1) is 17.2 Å². The Morgan fingerprint density at radius 2 is 2.37 bits per heavy atom. The average molecular weight is 367 g/mol. The molecule has 2 heterocycles. The molecule has 1 aromatic carbocycles. The van der Waals surface area contributed by atoms with Crippen molar-refractivity contribution >= 4 is 5.91 Å². The van der Waals surface area contributed by atoms with E-state index in [1.54, 1.807) is 17.2 Å². The van der Waals surface area contributed by atoms with Gasteiger partial charge in [-0.15, -0.1) is 0 Å². The molecule has 2 atom stereocenters. The molecule has 27 heavy (non-hydrogen) atoms. The summed E-state index contributed by atoms with van der Waals surface area (Å²) in [7, 11) is 1.83. The van der Waals surface area contributed by atoms with Gasteiger partial charge in [0.2, 0.25) is 5.91 Å². The number of nitriles is 1. The van der Waals surface area contributed by atoms with E-state index in [0.717, 1.165) is 12.0 Å². The Morgan fingerprint density at radius 1 is 1.48 bits per heavy atom. The van der Waals surface area contributed by atoms with Gasteiger partial charge < -0.3 is 15.0 Å². The fraction of sp³-hybridized carbons (Fsp3) is 0.450. The SMILES string of the molecule is CN(CCn1cccn1)C(=O)[C@@H]1CO[C@H](CNCc2cccc(C#N)c2)C1. The van der Waals surface area contributed by atoms with E-state index in [1.807, 2.05) is 42.2 Å². The largest absolute Gasteiger partial charge is 0.376 e. The summed E-state index contributed by atoms with van der Waals surface area (Å²) in [6, 6.07) is 11.6. The van der Waals surface area contributed by atoms with Gasteiger partial charge in [-0.25, -0.2) is 0 Å². The van der Waals surface area contributed by atoms with Crippen LogP contribution in [-0.4, -0.2) is 53.4 Å². The number of likely N-dealkylation sites (N-methyl/N-ethyl adjacent to an activating group) is 1. The van der Waals surface area contributed by atoms with E-state index in [1.165, 1.54) is 0 Å². The van der Waals surface area contributed by atoms with Crippen LogP contribution in [0.15, 0.2) is 42.7 Å². The third-order valence-corrected chi connectivity index (χ3v) is 4.79. The molecule has 0 radical (unpaired) electrons. The van der Waals surface area contributed by atoms with E-state index in [-0.39, 0.29) is 17.9 Å². The first-order valence-corrected chi connectivity index (χ1v) is 9.19. The molecular weight excluding hydrogens is 342 g/mol. The van der Waals surface area contributed by atoms with Crippen molar-refractivity contribution in [3.05, 3.63) is 53.9 Å².